The first kappa shape index (κ1) is 13.9. The van der Waals surface area contributed by atoms with Gasteiger partial charge < -0.3 is 4.74 Å². The summed E-state index contributed by atoms with van der Waals surface area (Å²) in [6.45, 7) is 0.115. The first-order chi connectivity index (χ1) is 10.6. The second kappa shape index (κ2) is 5.35. The molecule has 0 spiro atoms. The van der Waals surface area contributed by atoms with Gasteiger partial charge in [0, 0.05) is 22.8 Å². The third kappa shape index (κ3) is 2.21. The summed E-state index contributed by atoms with van der Waals surface area (Å²) in [7, 11) is 0. The summed E-state index contributed by atoms with van der Waals surface area (Å²) in [5, 5.41) is 8.96. The third-order valence-electron chi connectivity index (χ3n) is 3.46. The number of benzene rings is 2. The molecule has 2 aromatic carbocycles. The molecule has 0 aliphatic carbocycles. The minimum Gasteiger partial charge on any atom is -0.488 e. The Kier molecular flexibility index (Phi) is 3.37. The van der Waals surface area contributed by atoms with Crippen molar-refractivity contribution >= 4 is 5.57 Å². The van der Waals surface area contributed by atoms with Crippen molar-refractivity contribution in [2.45, 2.75) is 6.61 Å². The molecule has 2 nitrogen and oxygen atoms in total. The number of ether oxygens (including phenoxy) is 1. The lowest BCUT2D eigenvalue weighted by Gasteiger charge is -2.09. The Balaban J connectivity index is 2.33. The van der Waals surface area contributed by atoms with Gasteiger partial charge >= 0.3 is 0 Å². The lowest BCUT2D eigenvalue weighted by molar-refractivity contribution is 0.305. The van der Waals surface area contributed by atoms with Crippen molar-refractivity contribution in [3.8, 4) is 24.2 Å². The van der Waals surface area contributed by atoms with E-state index in [1.807, 2.05) is 0 Å². The van der Waals surface area contributed by atoms with E-state index in [4.69, 9.17) is 16.4 Å². The van der Waals surface area contributed by atoms with Gasteiger partial charge in [0.25, 0.3) is 0 Å². The third-order valence-corrected chi connectivity index (χ3v) is 3.46. The smallest absolute Gasteiger partial charge is 0.208 e. The number of fused-ring (bicyclic) bond motifs is 2. The van der Waals surface area contributed by atoms with Crippen LogP contribution in [0.15, 0.2) is 42.2 Å². The lowest BCUT2D eigenvalue weighted by atomic mass is 9.92. The van der Waals surface area contributed by atoms with Crippen LogP contribution in [0.1, 0.15) is 22.3 Å². The maximum atomic E-state index is 14.2. The minimum atomic E-state index is -0.951. The van der Waals surface area contributed by atoms with E-state index in [9.17, 15) is 8.78 Å². The quantitative estimate of drug-likeness (QED) is 0.544. The van der Waals surface area contributed by atoms with Crippen LogP contribution in [0.4, 0.5) is 8.78 Å². The molecule has 4 heteroatoms. The van der Waals surface area contributed by atoms with Crippen molar-refractivity contribution < 1.29 is 13.5 Å². The maximum absolute atomic E-state index is 14.2. The van der Waals surface area contributed by atoms with Crippen LogP contribution >= 0.6 is 0 Å². The SMILES string of the molecule is C#Cc1ccc2c(c1)COc1cc(F)ccc1/C2=C(/F)C#N. The summed E-state index contributed by atoms with van der Waals surface area (Å²) in [6.07, 6.45) is 5.37. The Morgan fingerprint density at radius 2 is 1.95 bits per heavy atom. The van der Waals surface area contributed by atoms with E-state index in [1.165, 1.54) is 24.3 Å². The molecule has 0 unspecified atom stereocenters. The van der Waals surface area contributed by atoms with Crippen molar-refractivity contribution in [2.24, 2.45) is 0 Å². The van der Waals surface area contributed by atoms with Gasteiger partial charge in [0.15, 0.2) is 0 Å². The van der Waals surface area contributed by atoms with Gasteiger partial charge in [-0.2, -0.15) is 9.65 Å². The van der Waals surface area contributed by atoms with Crippen molar-refractivity contribution in [3.05, 3.63) is 70.3 Å². The van der Waals surface area contributed by atoms with Gasteiger partial charge in [0.2, 0.25) is 5.83 Å². The van der Waals surface area contributed by atoms with E-state index < -0.39 is 11.6 Å². The van der Waals surface area contributed by atoms with Gasteiger partial charge in [-0.1, -0.05) is 12.0 Å². The topological polar surface area (TPSA) is 33.0 Å². The van der Waals surface area contributed by atoms with E-state index in [2.05, 4.69) is 5.92 Å². The standard InChI is InChI=1S/C18H9F2NO/c1-2-11-3-5-14-12(7-11)10-22-17-8-13(19)4-6-15(17)18(14)16(20)9-21/h1,3-8H,10H2/b18-16+. The van der Waals surface area contributed by atoms with Crippen LogP contribution in [-0.4, -0.2) is 0 Å². The van der Waals surface area contributed by atoms with Gasteiger partial charge in [-0.25, -0.2) is 4.39 Å². The predicted molar refractivity (Wildman–Crippen MR) is 77.9 cm³/mol. The van der Waals surface area contributed by atoms with Crippen LogP contribution in [0.2, 0.25) is 0 Å². The summed E-state index contributed by atoms with van der Waals surface area (Å²) in [5.74, 6) is 1.24. The molecule has 0 saturated heterocycles. The Morgan fingerprint density at radius 1 is 1.18 bits per heavy atom. The molecule has 0 fully saturated rings. The molecule has 3 rings (SSSR count). The van der Waals surface area contributed by atoms with E-state index in [1.54, 1.807) is 18.2 Å². The summed E-state index contributed by atoms with van der Waals surface area (Å²) in [5.41, 5.74) is 2.22. The number of halogens is 2. The zero-order valence-corrected chi connectivity index (χ0v) is 11.4. The zero-order valence-electron chi connectivity index (χ0n) is 11.4. The summed E-state index contributed by atoms with van der Waals surface area (Å²) < 4.78 is 33.1. The van der Waals surface area contributed by atoms with Gasteiger partial charge in [-0.05, 0) is 35.4 Å². The van der Waals surface area contributed by atoms with Gasteiger partial charge in [0.1, 0.15) is 24.2 Å². The average molecular weight is 293 g/mol. The molecule has 0 radical (unpaired) electrons. The molecule has 0 aromatic heterocycles. The van der Waals surface area contributed by atoms with Gasteiger partial charge in [0.05, 0.1) is 0 Å². The second-order valence-electron chi connectivity index (χ2n) is 4.75. The van der Waals surface area contributed by atoms with Crippen LogP contribution in [0.3, 0.4) is 0 Å². The number of terminal acetylenes is 1. The number of allylic oxidation sites excluding steroid dienone is 1. The van der Waals surface area contributed by atoms with Crippen molar-refractivity contribution in [2.75, 3.05) is 0 Å². The summed E-state index contributed by atoms with van der Waals surface area (Å²) in [4.78, 5) is 0. The molecule has 0 saturated carbocycles. The van der Waals surface area contributed by atoms with Crippen LogP contribution in [0.5, 0.6) is 5.75 Å². The number of nitrogens with zero attached hydrogens (tertiary/aromatic N) is 1. The van der Waals surface area contributed by atoms with Crippen LogP contribution in [0, 0.1) is 29.5 Å². The normalized spacial score (nSPS) is 14.5. The fraction of sp³-hybridized carbons (Fsp3) is 0.0556. The highest BCUT2D eigenvalue weighted by molar-refractivity contribution is 5.87. The maximum Gasteiger partial charge on any atom is 0.208 e. The number of hydrogen-bond acceptors (Lipinski definition) is 2. The molecular weight excluding hydrogens is 284 g/mol. The Morgan fingerprint density at radius 3 is 2.68 bits per heavy atom. The monoisotopic (exact) mass is 293 g/mol. The van der Waals surface area contributed by atoms with Gasteiger partial charge in [-0.15, -0.1) is 6.42 Å². The summed E-state index contributed by atoms with van der Waals surface area (Å²) in [6, 6.07) is 10.3. The van der Waals surface area contributed by atoms with E-state index >= 15 is 0 Å². The molecule has 0 N–H and O–H groups in total. The highest BCUT2D eigenvalue weighted by Crippen LogP contribution is 2.39. The molecular formula is C18H9F2NO. The molecule has 106 valence electrons. The van der Waals surface area contributed by atoms with Crippen LogP contribution in [-0.2, 0) is 6.61 Å². The molecule has 22 heavy (non-hydrogen) atoms. The number of nitriles is 1. The first-order valence-electron chi connectivity index (χ1n) is 6.46. The van der Waals surface area contributed by atoms with Crippen LogP contribution < -0.4 is 4.74 Å². The van der Waals surface area contributed by atoms with Gasteiger partial charge in [-0.3, -0.25) is 0 Å². The van der Waals surface area contributed by atoms with E-state index in [-0.39, 0.29) is 17.9 Å². The van der Waals surface area contributed by atoms with Crippen molar-refractivity contribution in [1.29, 1.82) is 5.26 Å². The van der Waals surface area contributed by atoms with Crippen LogP contribution in [0.25, 0.3) is 5.57 Å². The molecule has 1 aliphatic heterocycles. The van der Waals surface area contributed by atoms with Crippen molar-refractivity contribution in [3.63, 3.8) is 0 Å². The molecule has 1 heterocycles. The molecule has 0 bridgehead atoms. The van der Waals surface area contributed by atoms with Crippen molar-refractivity contribution in [1.82, 2.24) is 0 Å². The Hall–Kier alpha value is -3.11. The number of rotatable bonds is 0. The Labute approximate surface area is 126 Å². The molecule has 0 amide bonds. The van der Waals surface area contributed by atoms with E-state index in [0.29, 0.717) is 22.3 Å². The molecule has 2 aromatic rings. The first-order valence-corrected chi connectivity index (χ1v) is 6.46. The molecule has 0 atom stereocenters. The Bertz CT molecular complexity index is 885. The highest BCUT2D eigenvalue weighted by atomic mass is 19.1. The fourth-order valence-electron chi connectivity index (χ4n) is 2.46. The fourth-order valence-corrected chi connectivity index (χ4v) is 2.46. The number of hydrogen-bond donors (Lipinski definition) is 0. The second-order valence-corrected chi connectivity index (χ2v) is 4.75. The largest absolute Gasteiger partial charge is 0.488 e. The molecule has 1 aliphatic rings. The van der Waals surface area contributed by atoms with E-state index in [0.717, 1.165) is 0 Å². The zero-order chi connectivity index (χ0) is 15.7. The highest BCUT2D eigenvalue weighted by Gasteiger charge is 2.23. The lowest BCUT2D eigenvalue weighted by Crippen LogP contribution is -1.97. The minimum absolute atomic E-state index is 0.0913. The summed E-state index contributed by atoms with van der Waals surface area (Å²) >= 11 is 0. The predicted octanol–water partition coefficient (Wildman–Crippen LogP) is 3.95. The average Bonchev–Trinajstić information content (AvgIpc) is 2.70.